The Labute approximate surface area is 84.0 Å². The van der Waals surface area contributed by atoms with Crippen LogP contribution in [0.2, 0.25) is 0 Å². The van der Waals surface area contributed by atoms with Crippen molar-refractivity contribution in [3.05, 3.63) is 0 Å². The van der Waals surface area contributed by atoms with Crippen molar-refractivity contribution >= 4 is 34.3 Å². The Morgan fingerprint density at radius 3 is 2.57 bits per heavy atom. The molecule has 0 aliphatic carbocycles. The van der Waals surface area contributed by atoms with Crippen LogP contribution < -0.4 is 15.9 Å². The molecule has 0 bridgehead atoms. The molecule has 3 N–H and O–H groups in total. The molecule has 0 rings (SSSR count). The molecule has 14 heavy (non-hydrogen) atoms. The molecule has 0 spiro atoms. The van der Waals surface area contributed by atoms with Crippen LogP contribution in [0.5, 0.6) is 0 Å². The third kappa shape index (κ3) is 7.50. The predicted molar refractivity (Wildman–Crippen MR) is 50.8 cm³/mol. The van der Waals surface area contributed by atoms with E-state index in [1.54, 1.807) is 0 Å². The van der Waals surface area contributed by atoms with Crippen molar-refractivity contribution < 1.29 is 19.0 Å². The first kappa shape index (κ1) is 12.9. The average molecular weight is 196 g/mol. The second-order valence-electron chi connectivity index (χ2n) is 2.08. The Hall–Kier alpha value is -1.15. The molecule has 0 unspecified atom stereocenters. The lowest BCUT2D eigenvalue weighted by Gasteiger charge is -2.10. The molecule has 0 saturated heterocycles. The number of carbonyl (C=O) groups is 2. The Balaban J connectivity index is 3.50. The molecule has 0 heterocycles. The molecule has 0 aromatic heterocycles. The van der Waals surface area contributed by atoms with Gasteiger partial charge in [0.2, 0.25) is 5.91 Å². The van der Waals surface area contributed by atoms with Crippen molar-refractivity contribution in [3.63, 3.8) is 0 Å². The SMILES string of the molecule is [B]B(ONC)OC(=O)N[B]NC(C)=O. The summed E-state index contributed by atoms with van der Waals surface area (Å²) in [6, 6.07) is 0. The highest BCUT2D eigenvalue weighted by atomic mass is 16.7. The van der Waals surface area contributed by atoms with Crippen LogP contribution in [-0.4, -0.2) is 41.3 Å². The highest BCUT2D eigenvalue weighted by molar-refractivity contribution is 6.96. The van der Waals surface area contributed by atoms with E-state index in [4.69, 9.17) is 7.74 Å². The number of carbonyl (C=O) groups excluding carboxylic acids is 2. The largest absolute Gasteiger partial charge is 0.501 e. The van der Waals surface area contributed by atoms with E-state index >= 15 is 0 Å². The van der Waals surface area contributed by atoms with E-state index in [0.29, 0.717) is 0 Å². The van der Waals surface area contributed by atoms with Gasteiger partial charge in [-0.3, -0.25) is 4.79 Å². The third-order valence-corrected chi connectivity index (χ3v) is 0.923. The maximum Gasteiger partial charge on any atom is 0.472 e. The van der Waals surface area contributed by atoms with Gasteiger partial charge in [-0.1, -0.05) is 0 Å². The van der Waals surface area contributed by atoms with Crippen LogP contribution in [0.1, 0.15) is 6.92 Å². The summed E-state index contributed by atoms with van der Waals surface area (Å²) in [4.78, 5) is 21.2. The Morgan fingerprint density at radius 1 is 1.43 bits per heavy atom. The zero-order valence-electron chi connectivity index (χ0n) is 7.87. The topological polar surface area (TPSA) is 88.7 Å². The van der Waals surface area contributed by atoms with Crippen LogP contribution in [0.15, 0.2) is 0 Å². The molecule has 73 valence electrons. The second-order valence-corrected chi connectivity index (χ2v) is 2.08. The summed E-state index contributed by atoms with van der Waals surface area (Å²) in [6.07, 6.45) is -0.846. The van der Waals surface area contributed by atoms with Crippen LogP contribution in [0, 0.1) is 0 Å². The van der Waals surface area contributed by atoms with Gasteiger partial charge in [-0.05, 0) is 0 Å². The summed E-state index contributed by atoms with van der Waals surface area (Å²) in [5, 5.41) is 4.31. The van der Waals surface area contributed by atoms with Crippen molar-refractivity contribution in [1.82, 2.24) is 15.9 Å². The number of hydrogen-bond acceptors (Lipinski definition) is 5. The zero-order chi connectivity index (χ0) is 11.0. The first-order valence-corrected chi connectivity index (χ1v) is 3.70. The van der Waals surface area contributed by atoms with Gasteiger partial charge in [-0.15, -0.1) is 0 Å². The van der Waals surface area contributed by atoms with Gasteiger partial charge in [-0.25, -0.2) is 10.3 Å². The monoisotopic (exact) mass is 196 g/mol. The zero-order valence-corrected chi connectivity index (χ0v) is 7.87. The smallest absolute Gasteiger partial charge is 0.472 e. The van der Waals surface area contributed by atoms with E-state index in [-0.39, 0.29) is 5.91 Å². The summed E-state index contributed by atoms with van der Waals surface area (Å²) in [6.45, 7) is 1.29. The standard InChI is InChI=1S/C4H9B3N3O4/c1-3(11)9-6-10-4(12)13-7(5)14-8-2/h8H,1-2H3,(H,9,11)(H,10,12). The van der Waals surface area contributed by atoms with Gasteiger partial charge in [0.05, 0.1) is 0 Å². The second kappa shape index (κ2) is 7.28. The number of amides is 2. The maximum absolute atomic E-state index is 10.8. The fraction of sp³-hybridized carbons (Fsp3) is 0.500. The molecule has 0 aromatic rings. The third-order valence-electron chi connectivity index (χ3n) is 0.923. The van der Waals surface area contributed by atoms with Gasteiger partial charge in [0.15, 0.2) is 0 Å². The molecule has 0 saturated carbocycles. The van der Waals surface area contributed by atoms with Crippen molar-refractivity contribution in [2.75, 3.05) is 7.05 Å². The van der Waals surface area contributed by atoms with Crippen LogP contribution in [-0.2, 0) is 14.2 Å². The fourth-order valence-corrected chi connectivity index (χ4v) is 0.476. The van der Waals surface area contributed by atoms with Crippen molar-refractivity contribution in [2.24, 2.45) is 0 Å². The molecule has 7 nitrogen and oxygen atoms in total. The number of hydrogen-bond donors (Lipinski definition) is 3. The number of rotatable bonds is 5. The minimum Gasteiger partial charge on any atom is -0.501 e. The fourth-order valence-electron chi connectivity index (χ4n) is 0.476. The molecule has 2 amide bonds. The van der Waals surface area contributed by atoms with Crippen LogP contribution in [0.3, 0.4) is 0 Å². The highest BCUT2D eigenvalue weighted by Gasteiger charge is 2.14. The summed E-state index contributed by atoms with van der Waals surface area (Å²) in [7, 11) is 6.42. The molecule has 0 aliphatic heterocycles. The van der Waals surface area contributed by atoms with E-state index in [1.807, 2.05) is 0 Å². The molecule has 0 fully saturated rings. The Bertz CT molecular complexity index is 204. The number of hydroxylamine groups is 1. The van der Waals surface area contributed by atoms with Crippen molar-refractivity contribution in [1.29, 1.82) is 0 Å². The maximum atomic E-state index is 10.8. The average Bonchev–Trinajstić information content (AvgIpc) is 2.03. The van der Waals surface area contributed by atoms with E-state index in [0.717, 1.165) is 7.55 Å². The van der Waals surface area contributed by atoms with Gasteiger partial charge in [0.1, 0.15) is 7.74 Å². The van der Waals surface area contributed by atoms with E-state index < -0.39 is 13.1 Å². The van der Waals surface area contributed by atoms with Gasteiger partial charge in [0.25, 0.3) is 0 Å². The Morgan fingerprint density at radius 2 is 2.07 bits per heavy atom. The quantitative estimate of drug-likeness (QED) is 0.339. The van der Waals surface area contributed by atoms with E-state index in [9.17, 15) is 9.59 Å². The van der Waals surface area contributed by atoms with Gasteiger partial charge >= 0.3 is 20.7 Å². The molecule has 0 aromatic carbocycles. The molecule has 10 heteroatoms. The summed E-state index contributed by atoms with van der Waals surface area (Å²) in [5.41, 5.74) is 2.24. The normalized spacial score (nSPS) is 8.71. The minimum atomic E-state index is -1.22. The molecule has 0 atom stereocenters. The van der Waals surface area contributed by atoms with Gasteiger partial charge < -0.3 is 19.9 Å². The lowest BCUT2D eigenvalue weighted by Crippen LogP contribution is -2.43. The van der Waals surface area contributed by atoms with Crippen molar-refractivity contribution in [3.8, 4) is 0 Å². The van der Waals surface area contributed by atoms with Crippen LogP contribution >= 0.6 is 0 Å². The highest BCUT2D eigenvalue weighted by Crippen LogP contribution is 1.81. The van der Waals surface area contributed by atoms with Crippen molar-refractivity contribution in [2.45, 2.75) is 6.92 Å². The first-order chi connectivity index (χ1) is 6.56. The van der Waals surface area contributed by atoms with Gasteiger partial charge in [-0.2, -0.15) is 0 Å². The summed E-state index contributed by atoms with van der Waals surface area (Å²) < 4.78 is 8.92. The predicted octanol–water partition coefficient (Wildman–Crippen LogP) is -2.31. The number of nitrogens with one attached hydrogen (secondary N) is 3. The first-order valence-electron chi connectivity index (χ1n) is 3.70. The minimum absolute atomic E-state index is 0.318. The van der Waals surface area contributed by atoms with E-state index in [1.165, 1.54) is 14.0 Å². The van der Waals surface area contributed by atoms with E-state index in [2.05, 4.69) is 25.3 Å². The van der Waals surface area contributed by atoms with Gasteiger partial charge in [0, 0.05) is 14.0 Å². The molecule has 3 radical (unpaired) electrons. The summed E-state index contributed by atoms with van der Waals surface area (Å²) >= 11 is 0. The molecular weight excluding hydrogens is 186 g/mol. The summed E-state index contributed by atoms with van der Waals surface area (Å²) in [5.74, 6) is -0.318. The lowest BCUT2D eigenvalue weighted by atomic mass is 9.63. The lowest BCUT2D eigenvalue weighted by molar-refractivity contribution is -0.117. The van der Waals surface area contributed by atoms with Crippen LogP contribution in [0.25, 0.3) is 0 Å². The molecular formula is C4H9B3N3O4. The van der Waals surface area contributed by atoms with Crippen LogP contribution in [0.4, 0.5) is 4.79 Å². The Kier molecular flexibility index (Phi) is 6.68. The molecule has 0 aliphatic rings.